The number of fused-ring (bicyclic) bond motifs is 1. The van der Waals surface area contributed by atoms with Gasteiger partial charge in [-0.25, -0.2) is 4.98 Å². The number of benzene rings is 1. The van der Waals surface area contributed by atoms with E-state index in [-0.39, 0.29) is 17.9 Å². The normalized spacial score (nSPS) is 15.6. The lowest BCUT2D eigenvalue weighted by molar-refractivity contribution is -0.122. The maximum absolute atomic E-state index is 12.6. The molecular formula is C17H22N4O3. The number of ether oxygens (including phenoxy) is 1. The Labute approximate surface area is 140 Å². The fourth-order valence-electron chi connectivity index (χ4n) is 2.97. The molecule has 7 nitrogen and oxygen atoms in total. The molecule has 0 aliphatic carbocycles. The third-order valence-corrected chi connectivity index (χ3v) is 4.35. The van der Waals surface area contributed by atoms with Crippen LogP contribution in [0.2, 0.25) is 0 Å². The highest BCUT2D eigenvalue weighted by atomic mass is 16.5. The summed E-state index contributed by atoms with van der Waals surface area (Å²) in [6.07, 6.45) is 3.55. The summed E-state index contributed by atoms with van der Waals surface area (Å²) in [5.41, 5.74) is 2.37. The molecule has 1 aliphatic heterocycles. The predicted molar refractivity (Wildman–Crippen MR) is 89.7 cm³/mol. The standard InChI is InChI=1S/C17H22N4O3/c1-24-9-6-16(22)20-13-4-7-21(8-5-13)17(23)12-2-3-14-15(10-12)19-11-18-14/h2-3,10-11,13H,4-9H2,1H3,(H,18,19)(H,20,22). The van der Waals surface area contributed by atoms with Gasteiger partial charge in [0, 0.05) is 38.2 Å². The summed E-state index contributed by atoms with van der Waals surface area (Å²) >= 11 is 0. The van der Waals surface area contributed by atoms with Crippen LogP contribution in [-0.2, 0) is 9.53 Å². The maximum atomic E-state index is 12.6. The molecular weight excluding hydrogens is 308 g/mol. The monoisotopic (exact) mass is 330 g/mol. The first-order chi connectivity index (χ1) is 11.7. The Hall–Kier alpha value is -2.41. The van der Waals surface area contributed by atoms with Crippen molar-refractivity contribution < 1.29 is 14.3 Å². The van der Waals surface area contributed by atoms with Gasteiger partial charge < -0.3 is 19.9 Å². The predicted octanol–water partition coefficient (Wildman–Crippen LogP) is 1.32. The minimum Gasteiger partial charge on any atom is -0.384 e. The van der Waals surface area contributed by atoms with Gasteiger partial charge in [0.2, 0.25) is 5.91 Å². The lowest BCUT2D eigenvalue weighted by Crippen LogP contribution is -2.46. The van der Waals surface area contributed by atoms with Gasteiger partial charge in [0.1, 0.15) is 0 Å². The van der Waals surface area contributed by atoms with Crippen LogP contribution in [0.25, 0.3) is 11.0 Å². The van der Waals surface area contributed by atoms with Crippen LogP contribution in [0.4, 0.5) is 0 Å². The minimum absolute atomic E-state index is 0.00585. The quantitative estimate of drug-likeness (QED) is 0.865. The van der Waals surface area contributed by atoms with E-state index in [2.05, 4.69) is 15.3 Å². The first kappa shape index (κ1) is 16.4. The Morgan fingerprint density at radius 1 is 1.38 bits per heavy atom. The molecule has 0 spiro atoms. The molecule has 2 aromatic rings. The third kappa shape index (κ3) is 3.73. The highest BCUT2D eigenvalue weighted by molar-refractivity contribution is 5.97. The van der Waals surface area contributed by atoms with Crippen molar-refractivity contribution in [1.82, 2.24) is 20.2 Å². The molecule has 7 heteroatoms. The van der Waals surface area contributed by atoms with Gasteiger partial charge in [-0.3, -0.25) is 9.59 Å². The molecule has 2 amide bonds. The number of nitrogens with zero attached hydrogens (tertiary/aromatic N) is 2. The van der Waals surface area contributed by atoms with Crippen LogP contribution in [0.15, 0.2) is 24.5 Å². The van der Waals surface area contributed by atoms with Crippen molar-refractivity contribution in [2.75, 3.05) is 26.8 Å². The molecule has 0 saturated carbocycles. The fourth-order valence-corrected chi connectivity index (χ4v) is 2.97. The molecule has 2 heterocycles. The maximum Gasteiger partial charge on any atom is 0.253 e. The van der Waals surface area contributed by atoms with Gasteiger partial charge in [-0.15, -0.1) is 0 Å². The number of piperidine rings is 1. The molecule has 1 aromatic carbocycles. The molecule has 1 saturated heterocycles. The van der Waals surface area contributed by atoms with Crippen LogP contribution >= 0.6 is 0 Å². The summed E-state index contributed by atoms with van der Waals surface area (Å²) in [7, 11) is 1.58. The second kappa shape index (κ2) is 7.44. The van der Waals surface area contributed by atoms with Crippen molar-refractivity contribution in [2.24, 2.45) is 0 Å². The lowest BCUT2D eigenvalue weighted by atomic mass is 10.0. The van der Waals surface area contributed by atoms with Gasteiger partial charge >= 0.3 is 0 Å². The molecule has 1 fully saturated rings. The number of amides is 2. The van der Waals surface area contributed by atoms with E-state index in [1.807, 2.05) is 23.1 Å². The van der Waals surface area contributed by atoms with E-state index in [9.17, 15) is 9.59 Å². The Balaban J connectivity index is 1.54. The summed E-state index contributed by atoms with van der Waals surface area (Å²) in [5.74, 6) is 0.0296. The molecule has 128 valence electrons. The highest BCUT2D eigenvalue weighted by Gasteiger charge is 2.24. The molecule has 1 aromatic heterocycles. The SMILES string of the molecule is COCCC(=O)NC1CCN(C(=O)c2ccc3nc[nH]c3c2)CC1. The van der Waals surface area contributed by atoms with Crippen molar-refractivity contribution in [1.29, 1.82) is 0 Å². The Bertz CT molecular complexity index is 719. The number of hydrogen-bond acceptors (Lipinski definition) is 4. The second-order valence-corrected chi connectivity index (χ2v) is 6.01. The number of H-pyrrole nitrogens is 1. The molecule has 1 aliphatic rings. The summed E-state index contributed by atoms with van der Waals surface area (Å²) in [6.45, 7) is 1.73. The van der Waals surface area contributed by atoms with Gasteiger partial charge in [0.15, 0.2) is 0 Å². The number of rotatable bonds is 5. The number of aromatic nitrogens is 2. The number of aromatic amines is 1. The van der Waals surface area contributed by atoms with Crippen molar-refractivity contribution in [2.45, 2.75) is 25.3 Å². The molecule has 3 rings (SSSR count). The Kier molecular flexibility index (Phi) is 5.10. The summed E-state index contributed by atoms with van der Waals surface area (Å²) in [5, 5.41) is 3.00. The smallest absolute Gasteiger partial charge is 0.253 e. The van der Waals surface area contributed by atoms with Crippen LogP contribution in [0.5, 0.6) is 0 Å². The van der Waals surface area contributed by atoms with Crippen molar-refractivity contribution in [3.05, 3.63) is 30.1 Å². The number of carbonyl (C=O) groups is 2. The average Bonchev–Trinajstić information content (AvgIpc) is 3.07. The van der Waals surface area contributed by atoms with Gasteiger partial charge in [0.25, 0.3) is 5.91 Å². The number of methoxy groups -OCH3 is 1. The molecule has 0 radical (unpaired) electrons. The van der Waals surface area contributed by atoms with Gasteiger partial charge in [0.05, 0.1) is 24.0 Å². The number of imidazole rings is 1. The van der Waals surface area contributed by atoms with E-state index in [1.165, 1.54) is 0 Å². The van der Waals surface area contributed by atoms with E-state index in [0.717, 1.165) is 23.9 Å². The van der Waals surface area contributed by atoms with Crippen molar-refractivity contribution >= 4 is 22.8 Å². The summed E-state index contributed by atoms with van der Waals surface area (Å²) in [6, 6.07) is 5.63. The first-order valence-electron chi connectivity index (χ1n) is 8.18. The number of carbonyl (C=O) groups excluding carboxylic acids is 2. The van der Waals surface area contributed by atoms with E-state index in [0.29, 0.717) is 31.7 Å². The third-order valence-electron chi connectivity index (χ3n) is 4.35. The zero-order chi connectivity index (χ0) is 16.9. The fraction of sp³-hybridized carbons (Fsp3) is 0.471. The summed E-state index contributed by atoms with van der Waals surface area (Å²) < 4.78 is 4.90. The lowest BCUT2D eigenvalue weighted by Gasteiger charge is -2.32. The molecule has 0 atom stereocenters. The van der Waals surface area contributed by atoms with E-state index in [4.69, 9.17) is 4.74 Å². The van der Waals surface area contributed by atoms with Gasteiger partial charge in [-0.1, -0.05) is 0 Å². The topological polar surface area (TPSA) is 87.3 Å². The number of nitrogens with one attached hydrogen (secondary N) is 2. The average molecular weight is 330 g/mol. The van der Waals surface area contributed by atoms with E-state index < -0.39 is 0 Å². The van der Waals surface area contributed by atoms with Crippen LogP contribution in [0.1, 0.15) is 29.6 Å². The summed E-state index contributed by atoms with van der Waals surface area (Å²) in [4.78, 5) is 33.4. The van der Waals surface area contributed by atoms with Crippen molar-refractivity contribution in [3.63, 3.8) is 0 Å². The van der Waals surface area contributed by atoms with Crippen LogP contribution < -0.4 is 5.32 Å². The Morgan fingerprint density at radius 2 is 2.17 bits per heavy atom. The Morgan fingerprint density at radius 3 is 2.92 bits per heavy atom. The van der Waals surface area contributed by atoms with Gasteiger partial charge in [-0.05, 0) is 31.0 Å². The molecule has 2 N–H and O–H groups in total. The minimum atomic E-state index is 0.00585. The zero-order valence-corrected chi connectivity index (χ0v) is 13.7. The first-order valence-corrected chi connectivity index (χ1v) is 8.18. The number of likely N-dealkylation sites (tertiary alicyclic amines) is 1. The van der Waals surface area contributed by atoms with Gasteiger partial charge in [-0.2, -0.15) is 0 Å². The van der Waals surface area contributed by atoms with E-state index in [1.54, 1.807) is 13.4 Å². The molecule has 0 unspecified atom stereocenters. The van der Waals surface area contributed by atoms with E-state index >= 15 is 0 Å². The molecule has 24 heavy (non-hydrogen) atoms. The molecule has 0 bridgehead atoms. The van der Waals surface area contributed by atoms with Crippen LogP contribution in [-0.4, -0.2) is 59.5 Å². The highest BCUT2D eigenvalue weighted by Crippen LogP contribution is 2.17. The van der Waals surface area contributed by atoms with Crippen LogP contribution in [0, 0.1) is 0 Å². The van der Waals surface area contributed by atoms with Crippen molar-refractivity contribution in [3.8, 4) is 0 Å². The van der Waals surface area contributed by atoms with Crippen LogP contribution in [0.3, 0.4) is 0 Å². The zero-order valence-electron chi connectivity index (χ0n) is 13.7. The second-order valence-electron chi connectivity index (χ2n) is 6.01. The largest absolute Gasteiger partial charge is 0.384 e. The number of hydrogen-bond donors (Lipinski definition) is 2.